The number of hydrogen-bond acceptors (Lipinski definition) is 2. The number of furan rings is 1. The van der Waals surface area contributed by atoms with E-state index in [4.69, 9.17) is 4.42 Å². The SMILES string of the molecule is Brc1ccc2sc3ccc(-c4cccc5c4oc4ccccc45)cc3c2c1. The number of thiophene rings is 1. The van der Waals surface area contributed by atoms with E-state index in [1.165, 1.54) is 36.5 Å². The molecule has 1 nitrogen and oxygen atoms in total. The summed E-state index contributed by atoms with van der Waals surface area (Å²) in [5, 5.41) is 4.92. The molecule has 0 saturated heterocycles. The molecule has 128 valence electrons. The zero-order chi connectivity index (χ0) is 18.0. The number of hydrogen-bond donors (Lipinski definition) is 0. The minimum absolute atomic E-state index is 0.936. The van der Waals surface area contributed by atoms with E-state index in [9.17, 15) is 0 Å². The van der Waals surface area contributed by atoms with Gasteiger partial charge in [0.1, 0.15) is 11.2 Å². The summed E-state index contributed by atoms with van der Waals surface area (Å²) in [6.45, 7) is 0. The van der Waals surface area contributed by atoms with Crippen LogP contribution in [-0.4, -0.2) is 0 Å². The van der Waals surface area contributed by atoms with E-state index in [1.54, 1.807) is 0 Å². The van der Waals surface area contributed by atoms with Crippen molar-refractivity contribution in [1.29, 1.82) is 0 Å². The second kappa shape index (κ2) is 5.69. The van der Waals surface area contributed by atoms with Crippen LogP contribution in [0.2, 0.25) is 0 Å². The summed E-state index contributed by atoms with van der Waals surface area (Å²) in [6.07, 6.45) is 0. The quantitative estimate of drug-likeness (QED) is 0.256. The Balaban J connectivity index is 1.67. The van der Waals surface area contributed by atoms with Crippen molar-refractivity contribution >= 4 is 69.4 Å². The van der Waals surface area contributed by atoms with E-state index in [0.29, 0.717) is 0 Å². The van der Waals surface area contributed by atoms with Gasteiger partial charge in [0, 0.05) is 41.0 Å². The molecule has 0 bridgehead atoms. The van der Waals surface area contributed by atoms with Gasteiger partial charge in [-0.05, 0) is 42.0 Å². The van der Waals surface area contributed by atoms with Crippen LogP contribution in [0, 0.1) is 0 Å². The van der Waals surface area contributed by atoms with Crippen LogP contribution in [0.25, 0.3) is 53.2 Å². The number of para-hydroxylation sites is 2. The van der Waals surface area contributed by atoms with Gasteiger partial charge in [-0.3, -0.25) is 0 Å². The molecule has 6 aromatic rings. The number of halogens is 1. The average molecular weight is 429 g/mol. The van der Waals surface area contributed by atoms with E-state index < -0.39 is 0 Å². The molecule has 6 rings (SSSR count). The van der Waals surface area contributed by atoms with E-state index >= 15 is 0 Å². The van der Waals surface area contributed by atoms with Crippen LogP contribution < -0.4 is 0 Å². The summed E-state index contributed by atoms with van der Waals surface area (Å²) in [4.78, 5) is 0. The Kier molecular flexibility index (Phi) is 3.25. The first kappa shape index (κ1) is 15.4. The number of benzene rings is 4. The smallest absolute Gasteiger partial charge is 0.143 e. The second-order valence-corrected chi connectivity index (χ2v) is 8.73. The Morgan fingerprint density at radius 2 is 1.44 bits per heavy atom. The maximum absolute atomic E-state index is 6.23. The van der Waals surface area contributed by atoms with Crippen LogP contribution in [-0.2, 0) is 0 Å². The fraction of sp³-hybridized carbons (Fsp3) is 0. The van der Waals surface area contributed by atoms with Crippen LogP contribution in [0.4, 0.5) is 0 Å². The predicted molar refractivity (Wildman–Crippen MR) is 120 cm³/mol. The van der Waals surface area contributed by atoms with Gasteiger partial charge in [-0.2, -0.15) is 0 Å². The topological polar surface area (TPSA) is 13.1 Å². The summed E-state index contributed by atoms with van der Waals surface area (Å²) in [5.74, 6) is 0. The highest BCUT2D eigenvalue weighted by atomic mass is 79.9. The van der Waals surface area contributed by atoms with Crippen LogP contribution in [0.3, 0.4) is 0 Å². The molecule has 2 aromatic heterocycles. The van der Waals surface area contributed by atoms with Gasteiger partial charge in [-0.1, -0.05) is 58.4 Å². The molecule has 0 spiro atoms. The van der Waals surface area contributed by atoms with Crippen molar-refractivity contribution < 1.29 is 4.42 Å². The van der Waals surface area contributed by atoms with Crippen molar-refractivity contribution in [3.63, 3.8) is 0 Å². The Morgan fingerprint density at radius 3 is 2.37 bits per heavy atom. The molecule has 4 aromatic carbocycles. The van der Waals surface area contributed by atoms with Gasteiger partial charge in [0.2, 0.25) is 0 Å². The molecule has 0 fully saturated rings. The van der Waals surface area contributed by atoms with E-state index in [-0.39, 0.29) is 0 Å². The third kappa shape index (κ3) is 2.29. The van der Waals surface area contributed by atoms with E-state index in [1.807, 2.05) is 23.5 Å². The first-order valence-electron chi connectivity index (χ1n) is 8.80. The van der Waals surface area contributed by atoms with Crippen molar-refractivity contribution in [3.05, 3.63) is 83.3 Å². The molecule has 0 atom stereocenters. The zero-order valence-corrected chi connectivity index (χ0v) is 16.6. The van der Waals surface area contributed by atoms with Crippen molar-refractivity contribution in [2.75, 3.05) is 0 Å². The lowest BCUT2D eigenvalue weighted by Gasteiger charge is -2.03. The first-order valence-corrected chi connectivity index (χ1v) is 10.4. The maximum Gasteiger partial charge on any atom is 0.143 e. The van der Waals surface area contributed by atoms with Crippen molar-refractivity contribution in [2.24, 2.45) is 0 Å². The number of fused-ring (bicyclic) bond motifs is 6. The average Bonchev–Trinajstić information content (AvgIpc) is 3.25. The Labute approximate surface area is 168 Å². The molecule has 3 heteroatoms. The van der Waals surface area contributed by atoms with Crippen LogP contribution >= 0.6 is 27.3 Å². The monoisotopic (exact) mass is 428 g/mol. The van der Waals surface area contributed by atoms with Gasteiger partial charge >= 0.3 is 0 Å². The summed E-state index contributed by atoms with van der Waals surface area (Å²) < 4.78 is 9.97. The Morgan fingerprint density at radius 1 is 0.667 bits per heavy atom. The fourth-order valence-electron chi connectivity index (χ4n) is 3.89. The van der Waals surface area contributed by atoms with E-state index in [2.05, 4.69) is 82.7 Å². The highest BCUT2D eigenvalue weighted by Crippen LogP contribution is 2.40. The fourth-order valence-corrected chi connectivity index (χ4v) is 5.32. The third-order valence-electron chi connectivity index (χ3n) is 5.15. The molecule has 0 saturated carbocycles. The molecular weight excluding hydrogens is 416 g/mol. The third-order valence-corrected chi connectivity index (χ3v) is 6.79. The molecule has 27 heavy (non-hydrogen) atoms. The minimum Gasteiger partial charge on any atom is -0.455 e. The summed E-state index contributed by atoms with van der Waals surface area (Å²) in [7, 11) is 0. The van der Waals surface area contributed by atoms with Crippen LogP contribution in [0.15, 0.2) is 87.8 Å². The van der Waals surface area contributed by atoms with Gasteiger partial charge in [0.05, 0.1) is 0 Å². The lowest BCUT2D eigenvalue weighted by molar-refractivity contribution is 0.670. The van der Waals surface area contributed by atoms with Gasteiger partial charge in [0.15, 0.2) is 0 Å². The Bertz CT molecular complexity index is 1490. The Hall–Kier alpha value is -2.62. The highest BCUT2D eigenvalue weighted by Gasteiger charge is 2.13. The normalized spacial score (nSPS) is 11.9. The zero-order valence-electron chi connectivity index (χ0n) is 14.2. The maximum atomic E-state index is 6.23. The van der Waals surface area contributed by atoms with Gasteiger partial charge in [-0.15, -0.1) is 11.3 Å². The molecule has 0 N–H and O–H groups in total. The van der Waals surface area contributed by atoms with Gasteiger partial charge < -0.3 is 4.42 Å². The predicted octanol–water partition coefficient (Wildman–Crippen LogP) is 8.38. The largest absolute Gasteiger partial charge is 0.455 e. The van der Waals surface area contributed by atoms with Gasteiger partial charge in [-0.25, -0.2) is 0 Å². The van der Waals surface area contributed by atoms with Crippen molar-refractivity contribution in [1.82, 2.24) is 0 Å². The van der Waals surface area contributed by atoms with Crippen LogP contribution in [0.5, 0.6) is 0 Å². The van der Waals surface area contributed by atoms with E-state index in [0.717, 1.165) is 21.2 Å². The lowest BCUT2D eigenvalue weighted by Crippen LogP contribution is -1.79. The summed E-state index contributed by atoms with van der Waals surface area (Å²) in [6, 6.07) is 27.9. The minimum atomic E-state index is 0.936. The standard InChI is InChI=1S/C24H13BrOS/c25-15-9-11-23-20(13-15)19-12-14(8-10-22(19)27-23)16-5-3-6-18-17-4-1-2-7-21(17)26-24(16)18/h1-13H. The first-order chi connectivity index (χ1) is 13.3. The molecule has 0 amide bonds. The van der Waals surface area contributed by atoms with Crippen molar-refractivity contribution in [2.45, 2.75) is 0 Å². The highest BCUT2D eigenvalue weighted by molar-refractivity contribution is 9.10. The van der Waals surface area contributed by atoms with Crippen LogP contribution in [0.1, 0.15) is 0 Å². The number of rotatable bonds is 1. The molecule has 0 radical (unpaired) electrons. The second-order valence-electron chi connectivity index (χ2n) is 6.73. The molecule has 0 aliphatic rings. The summed E-state index contributed by atoms with van der Waals surface area (Å²) >= 11 is 5.45. The molecule has 0 aliphatic heterocycles. The molecule has 0 unspecified atom stereocenters. The van der Waals surface area contributed by atoms with Gasteiger partial charge in [0.25, 0.3) is 0 Å². The molecule has 0 aliphatic carbocycles. The van der Waals surface area contributed by atoms with Crippen molar-refractivity contribution in [3.8, 4) is 11.1 Å². The summed E-state index contributed by atoms with van der Waals surface area (Å²) in [5.41, 5.74) is 4.22. The molecule has 2 heterocycles. The lowest BCUT2D eigenvalue weighted by atomic mass is 10.0. The molecular formula is C24H13BrOS.